The van der Waals surface area contributed by atoms with Crippen LogP contribution in [0.1, 0.15) is 24.8 Å². The van der Waals surface area contributed by atoms with Crippen molar-refractivity contribution in [1.29, 1.82) is 0 Å². The van der Waals surface area contributed by atoms with Gasteiger partial charge in [-0.3, -0.25) is 4.79 Å². The lowest BCUT2D eigenvalue weighted by Gasteiger charge is -2.07. The maximum absolute atomic E-state index is 12.0. The van der Waals surface area contributed by atoms with E-state index in [9.17, 15) is 13.2 Å². The molecule has 1 aromatic carbocycles. The molecule has 8 heteroatoms. The molecule has 110 valence electrons. The van der Waals surface area contributed by atoms with Crippen molar-refractivity contribution < 1.29 is 13.2 Å². The van der Waals surface area contributed by atoms with Gasteiger partial charge in [0.25, 0.3) is 0 Å². The van der Waals surface area contributed by atoms with Crippen LogP contribution in [0.4, 0.5) is 0 Å². The van der Waals surface area contributed by atoms with E-state index in [1.165, 1.54) is 12.1 Å². The summed E-state index contributed by atoms with van der Waals surface area (Å²) in [6.45, 7) is 0.243. The van der Waals surface area contributed by atoms with Gasteiger partial charge < -0.3 is 11.5 Å². The van der Waals surface area contributed by atoms with E-state index in [4.69, 9.17) is 23.7 Å². The number of amides is 1. The number of primary amides is 1. The Balaban J connectivity index is 2.62. The van der Waals surface area contributed by atoms with Gasteiger partial charge in [0.15, 0.2) is 0 Å². The van der Waals surface area contributed by atoms with Gasteiger partial charge in [0.2, 0.25) is 15.9 Å². The Morgan fingerprint density at radius 3 is 2.55 bits per heavy atom. The van der Waals surface area contributed by atoms with E-state index >= 15 is 0 Å². The fourth-order valence-corrected chi connectivity index (χ4v) is 2.78. The standard InChI is InChI=1S/C12H17N3O3S2/c13-11(16)6-1-2-7-15-20(17,18)10-5-3-4-9(8-10)12(14)19/h3-5,8,15H,1-2,6-7H2,(H2,13,16)(H2,14,19). The number of carbonyl (C=O) groups excluding carboxylic acids is 1. The number of benzene rings is 1. The van der Waals surface area contributed by atoms with Gasteiger partial charge in [-0.05, 0) is 25.0 Å². The van der Waals surface area contributed by atoms with Crippen molar-refractivity contribution >= 4 is 33.1 Å². The van der Waals surface area contributed by atoms with Crippen molar-refractivity contribution in [2.75, 3.05) is 6.54 Å². The van der Waals surface area contributed by atoms with Gasteiger partial charge in [0.1, 0.15) is 4.99 Å². The minimum atomic E-state index is -3.60. The maximum atomic E-state index is 12.0. The average Bonchev–Trinajstić information content (AvgIpc) is 2.38. The Kier molecular flexibility index (Phi) is 6.05. The van der Waals surface area contributed by atoms with Crippen LogP contribution in [-0.2, 0) is 14.8 Å². The third-order valence-corrected chi connectivity index (χ3v) is 4.27. The van der Waals surface area contributed by atoms with Crippen molar-refractivity contribution in [3.8, 4) is 0 Å². The summed E-state index contributed by atoms with van der Waals surface area (Å²) in [4.78, 5) is 10.8. The van der Waals surface area contributed by atoms with Crippen molar-refractivity contribution in [1.82, 2.24) is 4.72 Å². The molecule has 0 saturated heterocycles. The average molecular weight is 315 g/mol. The van der Waals surface area contributed by atoms with Gasteiger partial charge >= 0.3 is 0 Å². The van der Waals surface area contributed by atoms with Crippen LogP contribution in [0, 0.1) is 0 Å². The number of carbonyl (C=O) groups is 1. The highest BCUT2D eigenvalue weighted by Crippen LogP contribution is 2.11. The van der Waals surface area contributed by atoms with Crippen LogP contribution in [0.15, 0.2) is 29.2 Å². The molecule has 0 aliphatic carbocycles. The monoisotopic (exact) mass is 315 g/mol. The van der Waals surface area contributed by atoms with E-state index in [1.54, 1.807) is 12.1 Å². The highest BCUT2D eigenvalue weighted by Gasteiger charge is 2.14. The van der Waals surface area contributed by atoms with Crippen LogP contribution in [0.3, 0.4) is 0 Å². The molecule has 0 saturated carbocycles. The van der Waals surface area contributed by atoms with Crippen LogP contribution < -0.4 is 16.2 Å². The Hall–Kier alpha value is -1.51. The van der Waals surface area contributed by atoms with Crippen LogP contribution in [-0.4, -0.2) is 25.9 Å². The number of hydrogen-bond donors (Lipinski definition) is 3. The second-order valence-corrected chi connectivity index (χ2v) is 6.42. The highest BCUT2D eigenvalue weighted by atomic mass is 32.2. The summed E-state index contributed by atoms with van der Waals surface area (Å²) in [6, 6.07) is 6.12. The first-order valence-corrected chi connectivity index (χ1v) is 7.90. The van der Waals surface area contributed by atoms with E-state index in [1.807, 2.05) is 0 Å². The van der Waals surface area contributed by atoms with E-state index in [0.717, 1.165) is 0 Å². The number of nitrogens with one attached hydrogen (secondary N) is 1. The Labute approximate surface area is 123 Å². The van der Waals surface area contributed by atoms with Crippen molar-refractivity contribution in [3.63, 3.8) is 0 Å². The summed E-state index contributed by atoms with van der Waals surface area (Å²) in [6.07, 6.45) is 1.33. The van der Waals surface area contributed by atoms with Crippen molar-refractivity contribution in [2.45, 2.75) is 24.2 Å². The molecule has 0 atom stereocenters. The molecule has 1 amide bonds. The summed E-state index contributed by atoms with van der Waals surface area (Å²) in [5.41, 5.74) is 11.0. The second-order valence-electron chi connectivity index (χ2n) is 4.21. The lowest BCUT2D eigenvalue weighted by molar-refractivity contribution is -0.118. The van der Waals surface area contributed by atoms with Crippen LogP contribution >= 0.6 is 12.2 Å². The summed E-state index contributed by atoms with van der Waals surface area (Å²) in [5, 5.41) is 0. The zero-order valence-corrected chi connectivity index (χ0v) is 12.5. The van der Waals surface area contributed by atoms with E-state index < -0.39 is 15.9 Å². The topological polar surface area (TPSA) is 115 Å². The molecule has 0 aliphatic rings. The van der Waals surface area contributed by atoms with Crippen LogP contribution in [0.25, 0.3) is 0 Å². The normalized spacial score (nSPS) is 11.2. The van der Waals surface area contributed by atoms with Gasteiger partial charge in [-0.1, -0.05) is 24.4 Å². The molecule has 6 nitrogen and oxygen atoms in total. The smallest absolute Gasteiger partial charge is 0.240 e. The van der Waals surface area contributed by atoms with Crippen molar-refractivity contribution in [3.05, 3.63) is 29.8 Å². The lowest BCUT2D eigenvalue weighted by atomic mass is 10.2. The predicted octanol–water partition coefficient (Wildman–Crippen LogP) is 0.255. The van der Waals surface area contributed by atoms with E-state index in [0.29, 0.717) is 18.4 Å². The Morgan fingerprint density at radius 2 is 1.95 bits per heavy atom. The predicted molar refractivity (Wildman–Crippen MR) is 80.6 cm³/mol. The Bertz CT molecular complexity index is 600. The highest BCUT2D eigenvalue weighted by molar-refractivity contribution is 7.89. The molecule has 0 aromatic heterocycles. The lowest BCUT2D eigenvalue weighted by Crippen LogP contribution is -2.25. The molecule has 0 unspecified atom stereocenters. The molecule has 0 fully saturated rings. The molecule has 0 spiro atoms. The second kappa shape index (κ2) is 7.32. The quantitative estimate of drug-likeness (QED) is 0.470. The molecule has 0 aliphatic heterocycles. The summed E-state index contributed by atoms with van der Waals surface area (Å²) < 4.78 is 26.5. The number of thiocarbonyl (C=S) groups is 1. The maximum Gasteiger partial charge on any atom is 0.240 e. The first-order valence-electron chi connectivity index (χ1n) is 6.01. The molecule has 5 N–H and O–H groups in total. The molecule has 20 heavy (non-hydrogen) atoms. The van der Waals surface area contributed by atoms with Gasteiger partial charge in [0.05, 0.1) is 4.90 Å². The third kappa shape index (κ3) is 5.24. The molecule has 0 bridgehead atoms. The Morgan fingerprint density at radius 1 is 1.25 bits per heavy atom. The molecule has 0 radical (unpaired) electrons. The van der Waals surface area contributed by atoms with E-state index in [-0.39, 0.29) is 22.8 Å². The fourth-order valence-electron chi connectivity index (χ4n) is 1.53. The molecular formula is C12H17N3O3S2. The van der Waals surface area contributed by atoms with Gasteiger partial charge in [-0.2, -0.15) is 0 Å². The summed E-state index contributed by atoms with van der Waals surface area (Å²) in [5.74, 6) is -0.392. The zero-order chi connectivity index (χ0) is 15.2. The molecule has 1 rings (SSSR count). The first-order chi connectivity index (χ1) is 9.33. The third-order valence-electron chi connectivity index (χ3n) is 2.57. The number of nitrogens with two attached hydrogens (primary N) is 2. The number of hydrogen-bond acceptors (Lipinski definition) is 4. The molecule has 1 aromatic rings. The minimum Gasteiger partial charge on any atom is -0.389 e. The summed E-state index contributed by atoms with van der Waals surface area (Å²) in [7, 11) is -3.60. The SMILES string of the molecule is NC(=O)CCCCNS(=O)(=O)c1cccc(C(N)=S)c1. The van der Waals surface area contributed by atoms with Crippen LogP contribution in [0.2, 0.25) is 0 Å². The molecular weight excluding hydrogens is 298 g/mol. The number of rotatable bonds is 8. The largest absolute Gasteiger partial charge is 0.389 e. The minimum absolute atomic E-state index is 0.109. The molecule has 0 heterocycles. The number of sulfonamides is 1. The van der Waals surface area contributed by atoms with Crippen molar-refractivity contribution in [2.24, 2.45) is 11.5 Å². The van der Waals surface area contributed by atoms with E-state index in [2.05, 4.69) is 4.72 Å². The first kappa shape index (κ1) is 16.5. The van der Waals surface area contributed by atoms with Gasteiger partial charge in [-0.15, -0.1) is 0 Å². The zero-order valence-electron chi connectivity index (χ0n) is 10.8. The van der Waals surface area contributed by atoms with Crippen LogP contribution in [0.5, 0.6) is 0 Å². The number of unbranched alkanes of at least 4 members (excludes halogenated alkanes) is 1. The summed E-state index contributed by atoms with van der Waals surface area (Å²) >= 11 is 4.81. The van der Waals surface area contributed by atoms with Gasteiger partial charge in [0, 0.05) is 18.5 Å². The van der Waals surface area contributed by atoms with Gasteiger partial charge in [-0.25, -0.2) is 13.1 Å². The fraction of sp³-hybridized carbons (Fsp3) is 0.333.